The molecule has 0 saturated heterocycles. The molecule has 1 heterocycles. The van der Waals surface area contributed by atoms with Gasteiger partial charge in [-0.2, -0.15) is 0 Å². The second-order valence-corrected chi connectivity index (χ2v) is 3.36. The number of thiol groups is 2. The van der Waals surface area contributed by atoms with Gasteiger partial charge in [-0.1, -0.05) is 11.3 Å². The molecule has 0 radical (unpaired) electrons. The Hall–Kier alpha value is 0.130. The van der Waals surface area contributed by atoms with Crippen LogP contribution in [0.5, 0.6) is 0 Å². The van der Waals surface area contributed by atoms with Gasteiger partial charge < -0.3 is 5.73 Å². The highest BCUT2D eigenvalue weighted by atomic mass is 32.2. The number of aromatic nitrogens is 1. The van der Waals surface area contributed by atoms with Crippen LogP contribution in [0.3, 0.4) is 0 Å². The quantitative estimate of drug-likeness (QED) is 0.506. The molecule has 0 amide bonds. The number of rotatable bonds is 0. The standard InChI is InChI=1S/C3H4N2S3/c4-1-2(6)5-3(7)8-1/h6H,4H2,(H,5,7). The predicted octanol–water partition coefficient (Wildman–Crippen LogP) is 1.30. The van der Waals surface area contributed by atoms with Crippen molar-refractivity contribution in [2.75, 3.05) is 5.73 Å². The highest BCUT2D eigenvalue weighted by molar-refractivity contribution is 7.83. The van der Waals surface area contributed by atoms with E-state index in [0.717, 1.165) is 0 Å². The fourth-order valence-electron chi connectivity index (χ4n) is 0.313. The summed E-state index contributed by atoms with van der Waals surface area (Å²) in [5.41, 5.74) is 5.37. The van der Waals surface area contributed by atoms with Crippen LogP contribution in [-0.4, -0.2) is 4.98 Å². The number of hydrogen-bond acceptors (Lipinski definition) is 5. The van der Waals surface area contributed by atoms with Crippen molar-refractivity contribution in [1.82, 2.24) is 4.98 Å². The molecule has 0 atom stereocenters. The smallest absolute Gasteiger partial charge is 0.150 e. The maximum absolute atomic E-state index is 5.37. The summed E-state index contributed by atoms with van der Waals surface area (Å²) in [5.74, 6) is 0. The van der Waals surface area contributed by atoms with E-state index in [1.165, 1.54) is 11.3 Å². The molecule has 0 aliphatic heterocycles. The van der Waals surface area contributed by atoms with Crippen LogP contribution in [0, 0.1) is 0 Å². The number of nitrogens with two attached hydrogens (primary N) is 1. The molecule has 0 fully saturated rings. The summed E-state index contributed by atoms with van der Waals surface area (Å²) < 4.78 is 0.660. The first-order chi connectivity index (χ1) is 3.70. The Morgan fingerprint density at radius 3 is 2.25 bits per heavy atom. The molecule has 1 aromatic rings. The van der Waals surface area contributed by atoms with E-state index >= 15 is 0 Å². The predicted molar refractivity (Wildman–Crippen MR) is 41.0 cm³/mol. The van der Waals surface area contributed by atoms with E-state index in [1.807, 2.05) is 0 Å². The van der Waals surface area contributed by atoms with Crippen LogP contribution in [0.1, 0.15) is 0 Å². The SMILES string of the molecule is Nc1sc(S)nc1S. The van der Waals surface area contributed by atoms with Crippen molar-refractivity contribution in [3.63, 3.8) is 0 Å². The van der Waals surface area contributed by atoms with E-state index in [4.69, 9.17) is 5.73 Å². The Morgan fingerprint density at radius 2 is 2.12 bits per heavy atom. The van der Waals surface area contributed by atoms with Crippen LogP contribution >= 0.6 is 36.6 Å². The van der Waals surface area contributed by atoms with Gasteiger partial charge in [-0.25, -0.2) is 4.98 Å². The number of thiazole rings is 1. The number of nitrogens with zero attached hydrogens (tertiary/aromatic N) is 1. The molecular formula is C3H4N2S3. The summed E-state index contributed by atoms with van der Waals surface area (Å²) in [6.45, 7) is 0. The number of anilines is 1. The van der Waals surface area contributed by atoms with Crippen LogP contribution < -0.4 is 5.73 Å². The summed E-state index contributed by atoms with van der Waals surface area (Å²) in [6, 6.07) is 0. The van der Waals surface area contributed by atoms with Gasteiger partial charge in [0.15, 0.2) is 0 Å². The second kappa shape index (κ2) is 2.16. The molecule has 2 N–H and O–H groups in total. The normalized spacial score (nSPS) is 9.75. The van der Waals surface area contributed by atoms with Crippen molar-refractivity contribution in [2.45, 2.75) is 9.37 Å². The summed E-state index contributed by atoms with van der Waals surface area (Å²) in [5, 5.41) is 1.19. The van der Waals surface area contributed by atoms with Gasteiger partial charge in [-0.15, -0.1) is 25.3 Å². The average molecular weight is 164 g/mol. The largest absolute Gasteiger partial charge is 0.388 e. The third-order valence-electron chi connectivity index (χ3n) is 0.623. The minimum absolute atomic E-state index is 0.569. The zero-order valence-corrected chi connectivity index (χ0v) is 6.43. The average Bonchev–Trinajstić information content (AvgIpc) is 1.85. The lowest BCUT2D eigenvalue weighted by atomic mass is 10.9. The minimum Gasteiger partial charge on any atom is -0.388 e. The first kappa shape index (κ1) is 6.25. The van der Waals surface area contributed by atoms with E-state index < -0.39 is 0 Å². The summed E-state index contributed by atoms with van der Waals surface area (Å²) in [4.78, 5) is 3.83. The molecule has 2 nitrogen and oxygen atoms in total. The van der Waals surface area contributed by atoms with Gasteiger partial charge in [0.1, 0.15) is 14.4 Å². The molecule has 1 rings (SSSR count). The van der Waals surface area contributed by atoms with Crippen LogP contribution in [-0.2, 0) is 0 Å². The van der Waals surface area contributed by atoms with Gasteiger partial charge in [0.2, 0.25) is 0 Å². The molecule has 5 heteroatoms. The van der Waals surface area contributed by atoms with E-state index in [-0.39, 0.29) is 0 Å². The summed E-state index contributed by atoms with van der Waals surface area (Å²) >= 11 is 9.22. The lowest BCUT2D eigenvalue weighted by Gasteiger charge is -1.77. The van der Waals surface area contributed by atoms with Crippen LogP contribution in [0.15, 0.2) is 9.37 Å². The molecule has 0 bridgehead atoms. The van der Waals surface area contributed by atoms with Crippen molar-refractivity contribution < 1.29 is 0 Å². The van der Waals surface area contributed by atoms with Gasteiger partial charge >= 0.3 is 0 Å². The fourth-order valence-corrected chi connectivity index (χ4v) is 1.56. The Balaban J connectivity index is 3.14. The molecule has 1 aromatic heterocycles. The molecule has 44 valence electrons. The van der Waals surface area contributed by atoms with Gasteiger partial charge in [0.05, 0.1) is 0 Å². The molecular weight excluding hydrogens is 160 g/mol. The topological polar surface area (TPSA) is 38.9 Å². The Morgan fingerprint density at radius 1 is 1.50 bits per heavy atom. The van der Waals surface area contributed by atoms with Gasteiger partial charge in [-0.05, 0) is 0 Å². The zero-order valence-electron chi connectivity index (χ0n) is 3.83. The molecule has 0 unspecified atom stereocenters. The maximum Gasteiger partial charge on any atom is 0.150 e. The Kier molecular flexibility index (Phi) is 1.69. The van der Waals surface area contributed by atoms with Crippen molar-refractivity contribution in [1.29, 1.82) is 0 Å². The maximum atomic E-state index is 5.37. The number of nitrogen functional groups attached to an aromatic ring is 1. The van der Waals surface area contributed by atoms with Crippen molar-refractivity contribution >= 4 is 41.6 Å². The number of hydrogen-bond donors (Lipinski definition) is 3. The van der Waals surface area contributed by atoms with Crippen LogP contribution in [0.2, 0.25) is 0 Å². The lowest BCUT2D eigenvalue weighted by Crippen LogP contribution is -1.77. The first-order valence-corrected chi connectivity index (χ1v) is 3.55. The summed E-state index contributed by atoms with van der Waals surface area (Å²) in [6.07, 6.45) is 0. The van der Waals surface area contributed by atoms with Crippen LogP contribution in [0.25, 0.3) is 0 Å². The molecule has 0 aliphatic carbocycles. The first-order valence-electron chi connectivity index (χ1n) is 1.84. The van der Waals surface area contributed by atoms with Gasteiger partial charge in [-0.3, -0.25) is 0 Å². The third-order valence-corrected chi connectivity index (χ3v) is 2.18. The lowest BCUT2D eigenvalue weighted by molar-refractivity contribution is 1.12. The molecule has 8 heavy (non-hydrogen) atoms. The van der Waals surface area contributed by atoms with Crippen molar-refractivity contribution in [3.8, 4) is 0 Å². The van der Waals surface area contributed by atoms with E-state index in [0.29, 0.717) is 14.4 Å². The highest BCUT2D eigenvalue weighted by Crippen LogP contribution is 2.25. The van der Waals surface area contributed by atoms with E-state index in [1.54, 1.807) is 0 Å². The monoisotopic (exact) mass is 164 g/mol. The Bertz CT molecular complexity index is 175. The van der Waals surface area contributed by atoms with Crippen molar-refractivity contribution in [3.05, 3.63) is 0 Å². The van der Waals surface area contributed by atoms with Gasteiger partial charge in [0, 0.05) is 0 Å². The van der Waals surface area contributed by atoms with E-state index in [9.17, 15) is 0 Å². The molecule has 0 saturated carbocycles. The second-order valence-electron chi connectivity index (χ2n) is 1.18. The van der Waals surface area contributed by atoms with Gasteiger partial charge in [0.25, 0.3) is 0 Å². The minimum atomic E-state index is 0.569. The molecule has 0 aromatic carbocycles. The zero-order chi connectivity index (χ0) is 6.15. The van der Waals surface area contributed by atoms with E-state index in [2.05, 4.69) is 30.2 Å². The third kappa shape index (κ3) is 1.10. The molecule has 0 aliphatic rings. The highest BCUT2D eigenvalue weighted by Gasteiger charge is 1.98. The van der Waals surface area contributed by atoms with Crippen molar-refractivity contribution in [2.24, 2.45) is 0 Å². The fraction of sp³-hybridized carbons (Fsp3) is 0. The van der Waals surface area contributed by atoms with Crippen LogP contribution in [0.4, 0.5) is 5.00 Å². The molecule has 0 spiro atoms. The summed E-state index contributed by atoms with van der Waals surface area (Å²) in [7, 11) is 0. The Labute approximate surface area is 61.9 Å².